The third-order valence-corrected chi connectivity index (χ3v) is 2.49. The predicted molar refractivity (Wildman–Crippen MR) is 73.1 cm³/mol. The Morgan fingerprint density at radius 3 is 2.50 bits per heavy atom. The van der Waals surface area contributed by atoms with Gasteiger partial charge in [-0.05, 0) is 41.9 Å². The highest BCUT2D eigenvalue weighted by molar-refractivity contribution is 9.10. The van der Waals surface area contributed by atoms with Crippen LogP contribution in [0.2, 0.25) is 0 Å². The minimum absolute atomic E-state index is 0.284. The van der Waals surface area contributed by atoms with Crippen LogP contribution in [0.3, 0.4) is 0 Å². The summed E-state index contributed by atoms with van der Waals surface area (Å²) in [6, 6.07) is 2.85. The van der Waals surface area contributed by atoms with Crippen molar-refractivity contribution in [2.24, 2.45) is 0 Å². The summed E-state index contributed by atoms with van der Waals surface area (Å²) in [6.07, 6.45) is 3.63. The average Bonchev–Trinajstić information content (AvgIpc) is 2.31. The molecule has 1 aromatic heterocycles. The molecule has 0 aromatic carbocycles. The van der Waals surface area contributed by atoms with Crippen molar-refractivity contribution < 1.29 is 9.59 Å². The highest BCUT2D eigenvalue weighted by Gasteiger charge is 2.18. The smallest absolute Gasteiger partial charge is 0.303 e. The van der Waals surface area contributed by atoms with Crippen molar-refractivity contribution in [2.45, 2.75) is 13.8 Å². The first-order valence-electron chi connectivity index (χ1n) is 5.23. The maximum absolute atomic E-state index is 12.0. The Bertz CT molecular complexity index is 467. The van der Waals surface area contributed by atoms with E-state index in [0.29, 0.717) is 6.41 Å². The van der Waals surface area contributed by atoms with E-state index in [0.717, 1.165) is 14.9 Å². The number of imide groups is 1. The molecular weight excluding hydrogens is 298 g/mol. The Balaban J connectivity index is 2.96. The van der Waals surface area contributed by atoms with E-state index in [4.69, 9.17) is 0 Å². The number of hydrogen-bond acceptors (Lipinski definition) is 3. The van der Waals surface area contributed by atoms with Gasteiger partial charge in [0.15, 0.2) is 0 Å². The maximum atomic E-state index is 12.0. The van der Waals surface area contributed by atoms with Crippen molar-refractivity contribution in [2.75, 3.05) is 11.9 Å². The Kier molecular flexibility index (Phi) is 5.03. The van der Waals surface area contributed by atoms with Gasteiger partial charge in [0.2, 0.25) is 6.41 Å². The first-order valence-corrected chi connectivity index (χ1v) is 6.03. The van der Waals surface area contributed by atoms with Gasteiger partial charge in [0.05, 0.1) is 0 Å². The van der Waals surface area contributed by atoms with E-state index in [1.54, 1.807) is 25.4 Å². The molecule has 6 heteroatoms. The summed E-state index contributed by atoms with van der Waals surface area (Å²) in [5, 5.41) is 0. The molecule has 1 heterocycles. The number of pyridine rings is 1. The van der Waals surface area contributed by atoms with Crippen molar-refractivity contribution in [3.8, 4) is 0 Å². The van der Waals surface area contributed by atoms with Gasteiger partial charge in [0.1, 0.15) is 5.82 Å². The fourth-order valence-electron chi connectivity index (χ4n) is 1.32. The Labute approximate surface area is 114 Å². The molecule has 0 radical (unpaired) electrons. The third-order valence-electron chi connectivity index (χ3n) is 2.02. The second kappa shape index (κ2) is 6.30. The molecule has 0 atom stereocenters. The van der Waals surface area contributed by atoms with E-state index in [-0.39, 0.29) is 5.82 Å². The van der Waals surface area contributed by atoms with Crippen LogP contribution in [0.5, 0.6) is 0 Å². The SMILES string of the molecule is CC(C)=CN(C)C(=O)N(C=O)c1ccc(Br)cn1. The van der Waals surface area contributed by atoms with Crippen LogP contribution in [0.4, 0.5) is 10.6 Å². The molecule has 1 rings (SSSR count). The minimum atomic E-state index is -0.457. The highest BCUT2D eigenvalue weighted by atomic mass is 79.9. The monoisotopic (exact) mass is 311 g/mol. The number of carbonyl (C=O) groups is 2. The van der Waals surface area contributed by atoms with Crippen LogP contribution in [-0.4, -0.2) is 29.4 Å². The van der Waals surface area contributed by atoms with E-state index >= 15 is 0 Å². The van der Waals surface area contributed by atoms with Crippen molar-refractivity contribution in [3.05, 3.63) is 34.6 Å². The molecule has 0 N–H and O–H groups in total. The van der Waals surface area contributed by atoms with Gasteiger partial charge < -0.3 is 4.90 Å². The molecule has 0 saturated carbocycles. The van der Waals surface area contributed by atoms with Crippen LogP contribution >= 0.6 is 15.9 Å². The fraction of sp³-hybridized carbons (Fsp3) is 0.250. The predicted octanol–water partition coefficient (Wildman–Crippen LogP) is 2.78. The standard InChI is InChI=1S/C12H14BrN3O2/c1-9(2)7-15(3)12(18)16(8-17)11-5-4-10(13)6-14-11/h4-8H,1-3H3. The average molecular weight is 312 g/mol. The molecule has 0 aliphatic heterocycles. The fourth-order valence-corrected chi connectivity index (χ4v) is 1.55. The first-order chi connectivity index (χ1) is 8.45. The number of hydrogen-bond donors (Lipinski definition) is 0. The topological polar surface area (TPSA) is 53.5 Å². The van der Waals surface area contributed by atoms with E-state index in [1.807, 2.05) is 13.8 Å². The van der Waals surface area contributed by atoms with Gasteiger partial charge in [-0.1, -0.05) is 5.57 Å². The van der Waals surface area contributed by atoms with Crippen LogP contribution < -0.4 is 4.90 Å². The van der Waals surface area contributed by atoms with E-state index in [2.05, 4.69) is 20.9 Å². The van der Waals surface area contributed by atoms with E-state index < -0.39 is 6.03 Å². The third kappa shape index (κ3) is 3.66. The second-order valence-corrected chi connectivity index (χ2v) is 4.83. The van der Waals surface area contributed by atoms with Crippen LogP contribution in [-0.2, 0) is 4.79 Å². The van der Waals surface area contributed by atoms with Gasteiger partial charge in [0.25, 0.3) is 0 Å². The van der Waals surface area contributed by atoms with Crippen molar-refractivity contribution >= 4 is 34.2 Å². The molecule has 5 nitrogen and oxygen atoms in total. The van der Waals surface area contributed by atoms with Gasteiger partial charge in [-0.15, -0.1) is 0 Å². The van der Waals surface area contributed by atoms with Crippen LogP contribution in [0.1, 0.15) is 13.8 Å². The zero-order valence-corrected chi connectivity index (χ0v) is 12.0. The molecule has 3 amide bonds. The van der Waals surface area contributed by atoms with Crippen LogP contribution in [0.15, 0.2) is 34.6 Å². The lowest BCUT2D eigenvalue weighted by Crippen LogP contribution is -2.38. The number of allylic oxidation sites excluding steroid dienone is 1. The maximum Gasteiger partial charge on any atom is 0.336 e. The summed E-state index contributed by atoms with van der Waals surface area (Å²) >= 11 is 3.24. The van der Waals surface area contributed by atoms with Gasteiger partial charge in [-0.2, -0.15) is 0 Å². The lowest BCUT2D eigenvalue weighted by Gasteiger charge is -2.20. The van der Waals surface area contributed by atoms with Crippen molar-refractivity contribution in [3.63, 3.8) is 0 Å². The molecule has 18 heavy (non-hydrogen) atoms. The van der Waals surface area contributed by atoms with Crippen LogP contribution in [0.25, 0.3) is 0 Å². The Morgan fingerprint density at radius 2 is 2.06 bits per heavy atom. The lowest BCUT2D eigenvalue weighted by molar-refractivity contribution is -0.107. The van der Waals surface area contributed by atoms with Gasteiger partial charge in [0, 0.05) is 23.9 Å². The van der Waals surface area contributed by atoms with E-state index in [9.17, 15) is 9.59 Å². The molecule has 0 fully saturated rings. The molecule has 0 saturated heterocycles. The molecule has 0 aliphatic carbocycles. The van der Waals surface area contributed by atoms with Gasteiger partial charge in [-0.3, -0.25) is 4.79 Å². The van der Waals surface area contributed by atoms with Crippen LogP contribution in [0, 0.1) is 0 Å². The molecule has 0 bridgehead atoms. The van der Waals surface area contributed by atoms with Crippen molar-refractivity contribution in [1.82, 2.24) is 9.88 Å². The van der Waals surface area contributed by atoms with E-state index in [1.165, 1.54) is 11.1 Å². The number of rotatable bonds is 3. The summed E-state index contributed by atoms with van der Waals surface area (Å²) < 4.78 is 0.780. The molecule has 0 spiro atoms. The number of nitrogens with zero attached hydrogens (tertiary/aromatic N) is 3. The quantitative estimate of drug-likeness (QED) is 0.807. The highest BCUT2D eigenvalue weighted by Crippen LogP contribution is 2.15. The summed E-state index contributed by atoms with van der Waals surface area (Å²) in [6.45, 7) is 3.74. The van der Waals surface area contributed by atoms with Gasteiger partial charge in [-0.25, -0.2) is 14.7 Å². The minimum Gasteiger partial charge on any atom is -0.303 e. The molecular formula is C12H14BrN3O2. The number of anilines is 1. The second-order valence-electron chi connectivity index (χ2n) is 3.91. The summed E-state index contributed by atoms with van der Waals surface area (Å²) in [4.78, 5) is 29.4. The largest absolute Gasteiger partial charge is 0.336 e. The first kappa shape index (κ1) is 14.4. The zero-order valence-electron chi connectivity index (χ0n) is 10.4. The molecule has 1 aromatic rings. The zero-order chi connectivity index (χ0) is 13.7. The lowest BCUT2D eigenvalue weighted by atomic mass is 10.4. The molecule has 96 valence electrons. The Hall–Kier alpha value is -1.69. The summed E-state index contributed by atoms with van der Waals surface area (Å²) in [7, 11) is 1.59. The number of aromatic nitrogens is 1. The number of urea groups is 1. The Morgan fingerprint density at radius 1 is 1.39 bits per heavy atom. The summed E-state index contributed by atoms with van der Waals surface area (Å²) in [5.41, 5.74) is 0.959. The molecule has 0 aliphatic rings. The normalized spacial score (nSPS) is 9.56. The number of carbonyl (C=O) groups excluding carboxylic acids is 2. The van der Waals surface area contributed by atoms with Gasteiger partial charge >= 0.3 is 6.03 Å². The number of halogens is 1. The summed E-state index contributed by atoms with van der Waals surface area (Å²) in [5.74, 6) is 0.284. The van der Waals surface area contributed by atoms with Crippen molar-refractivity contribution in [1.29, 1.82) is 0 Å². The molecule has 0 unspecified atom stereocenters. The number of amides is 3.